The highest BCUT2D eigenvalue weighted by Gasteiger charge is 2.62. The van der Waals surface area contributed by atoms with E-state index in [1.807, 2.05) is 0 Å². The van der Waals surface area contributed by atoms with Crippen LogP contribution in [0.15, 0.2) is 0 Å². The number of amides is 4. The summed E-state index contributed by atoms with van der Waals surface area (Å²) in [5, 5.41) is 331. The number of hydrogen-bond acceptors (Lipinski definition) is 51. The molecule has 714 valence electrons. The van der Waals surface area contributed by atoms with Crippen LogP contribution in [0.1, 0.15) is 27.7 Å². The molecule has 49 atom stereocenters. The SMILES string of the molecule is CC(=O)N[C@H]1[C@H](O[C@@H]([C@H](O)[C@H](CO)NC(C)=O)[C@H](O)CO)O[C@H](CO)[C@@H](O[C@@H]2O[C@H](CO[C@H]3O[C@H](CO)[C@@H](O)[C@H](O)[C@@H]3O[C@@H]3O[C@H](CO)[C@@H](O[C@@H]4O[C@H](CO)[C@H](O)[C@H](O[C@@H]5O[C@H](CO)[C@H](O)[C@H](O)[C@H]5O)[C@H]4O)[C@H](O)[C@H]3NC(C)=O)[C@@H](O)[C@H](O[C@H]3O[C@H](CO)[C@@H](O)[C@H](O)[C@@H]3O[C@@H]3O[C@H](CO)[C@@H](O[C@@H]4O[C@H](CO)[C@H](O)[C@H](O)[C@H]4O)[C@H](O)[C@H]3NC(C)=O)[C@@H]2O)[C@@H]1O. The van der Waals surface area contributed by atoms with Gasteiger partial charge in [0.2, 0.25) is 23.6 Å². The Hall–Kier alpha value is -4.00. The molecule has 55 heteroatoms. The minimum atomic E-state index is -2.63. The summed E-state index contributed by atoms with van der Waals surface area (Å²) < 4.78 is 107. The van der Waals surface area contributed by atoms with Crippen LogP contribution in [0.25, 0.3) is 0 Å². The first-order valence-corrected chi connectivity index (χ1v) is 39.1. The summed E-state index contributed by atoms with van der Waals surface area (Å²) in [4.78, 5) is 51.2. The van der Waals surface area contributed by atoms with E-state index in [0.29, 0.717) is 0 Å². The van der Waals surface area contributed by atoms with Crippen molar-refractivity contribution in [2.45, 2.75) is 328 Å². The van der Waals surface area contributed by atoms with E-state index in [1.165, 1.54) is 0 Å². The molecular formula is C68H116N4O51. The van der Waals surface area contributed by atoms with Gasteiger partial charge in [-0.25, -0.2) is 0 Å². The average molecular weight is 1810 g/mol. The molecule has 0 saturated carbocycles. The number of aliphatic hydroxyl groups excluding tert-OH is 29. The molecule has 55 nitrogen and oxygen atoms in total. The van der Waals surface area contributed by atoms with Crippen LogP contribution in [0.2, 0.25) is 0 Å². The maximum atomic E-state index is 13.1. The number of aliphatic hydroxyl groups is 29. The van der Waals surface area contributed by atoms with Crippen molar-refractivity contribution >= 4 is 23.6 Å². The Morgan fingerprint density at radius 3 is 0.919 bits per heavy atom. The average Bonchev–Trinajstić information content (AvgIpc) is 0.759. The summed E-state index contributed by atoms with van der Waals surface area (Å²) in [5.41, 5.74) is 0. The van der Waals surface area contributed by atoms with Gasteiger partial charge in [0.15, 0.2) is 56.6 Å². The lowest BCUT2D eigenvalue weighted by Crippen LogP contribution is -2.70. The lowest BCUT2D eigenvalue weighted by Gasteiger charge is -2.51. The van der Waals surface area contributed by atoms with Crippen molar-refractivity contribution in [1.29, 1.82) is 0 Å². The highest BCUT2D eigenvalue weighted by molar-refractivity contribution is 5.74. The zero-order valence-corrected chi connectivity index (χ0v) is 66.0. The number of ether oxygens (including phenoxy) is 18. The molecule has 9 aliphatic rings. The minimum absolute atomic E-state index is 0.827. The fourth-order valence-corrected chi connectivity index (χ4v) is 15.5. The summed E-state index contributed by atoms with van der Waals surface area (Å²) in [6.45, 7) is -8.85. The van der Waals surface area contributed by atoms with Crippen LogP contribution in [-0.4, -0.2) is 545 Å². The Morgan fingerprint density at radius 2 is 0.561 bits per heavy atom. The summed E-state index contributed by atoms with van der Waals surface area (Å²) in [7, 11) is 0. The van der Waals surface area contributed by atoms with Crippen LogP contribution >= 0.6 is 0 Å². The van der Waals surface area contributed by atoms with Gasteiger partial charge in [0.05, 0.1) is 78.7 Å². The van der Waals surface area contributed by atoms with Crippen LogP contribution in [0.5, 0.6) is 0 Å². The second-order valence-electron chi connectivity index (χ2n) is 30.7. The molecule has 9 fully saturated rings. The second kappa shape index (κ2) is 45.7. The third kappa shape index (κ3) is 23.3. The van der Waals surface area contributed by atoms with E-state index < -0.39 is 397 Å². The normalized spacial score (nSPS) is 46.7. The van der Waals surface area contributed by atoms with Crippen LogP contribution in [0.3, 0.4) is 0 Å². The lowest BCUT2D eigenvalue weighted by molar-refractivity contribution is -0.399. The topological polar surface area (TPSA) is 869 Å². The first kappa shape index (κ1) is 103. The third-order valence-electron chi connectivity index (χ3n) is 22.1. The van der Waals surface area contributed by atoms with E-state index in [-0.39, 0.29) is 0 Å². The fourth-order valence-electron chi connectivity index (χ4n) is 15.5. The van der Waals surface area contributed by atoms with Gasteiger partial charge in [0.25, 0.3) is 0 Å². The third-order valence-corrected chi connectivity index (χ3v) is 22.1. The van der Waals surface area contributed by atoms with Crippen molar-refractivity contribution in [3.05, 3.63) is 0 Å². The van der Waals surface area contributed by atoms with Crippen molar-refractivity contribution in [3.8, 4) is 0 Å². The van der Waals surface area contributed by atoms with Crippen LogP contribution in [0.4, 0.5) is 0 Å². The standard InChI is InChI=1S/C68H116N4O51/c1-16(83)69-20(5-73)34(88)52(21(87)6-74)116-60-31(70-17(2)84)41(95)55(28(13-81)112-60)119-66-51(105)57(121-68-59(47(101)38(92)25(10-78)111-68)123-62-33(72-19(4)86)42(96)53(27(12-80)114-62)117-63-48(102)44(98)35(89)22(7-75)107-63)40(94)30(115-66)15-106-67-58(46(100)37(91)24(9-77)110-67)122-61-32(71-18(3)85)43(97)54(29(14-82)113-61)118-65-50(104)56(39(93)26(11-79)109-65)120-64-49(103)45(99)36(90)23(8-76)108-64/h20-68,73-82,87-105H,5-15H2,1-4H3,(H,69,83)(H,70,84)(H,71,85)(H,72,86)/t20-,21+,22+,23+,24+,25+,26+,27+,28+,29+,30+,31+,32+,33+,34+,35-,36-,37+,38+,39-,40+,41+,42+,43+,44-,45-,46-,47-,48+,49+,50+,51-,52+,53+,54+,55+,56-,57-,58-,59-,60-,61-,62-,63-,64-,65-,66-,67-,68+/m0/s1. The molecule has 0 unspecified atom stereocenters. The summed E-state index contributed by atoms with van der Waals surface area (Å²) in [6.07, 6.45) is -96.6. The van der Waals surface area contributed by atoms with Gasteiger partial charge in [0.1, 0.15) is 238 Å². The Labute approximate surface area is 696 Å². The number of nitrogens with one attached hydrogen (secondary N) is 4. The Morgan fingerprint density at radius 1 is 0.276 bits per heavy atom. The zero-order valence-electron chi connectivity index (χ0n) is 66.0. The monoisotopic (exact) mass is 1800 g/mol. The van der Waals surface area contributed by atoms with Gasteiger partial charge in [-0.15, -0.1) is 0 Å². The van der Waals surface area contributed by atoms with Gasteiger partial charge < -0.3 is 255 Å². The maximum Gasteiger partial charge on any atom is 0.217 e. The second-order valence-corrected chi connectivity index (χ2v) is 30.7. The Bertz CT molecular complexity index is 3250. The molecule has 33 N–H and O–H groups in total. The molecule has 9 aliphatic heterocycles. The van der Waals surface area contributed by atoms with Crippen LogP contribution in [0, 0.1) is 0 Å². The van der Waals surface area contributed by atoms with Crippen molar-refractivity contribution in [2.75, 3.05) is 72.7 Å². The Kier molecular flexibility index (Phi) is 38.2. The molecule has 9 saturated heterocycles. The Balaban J connectivity index is 1.05. The fraction of sp³-hybridized carbons (Fsp3) is 0.941. The van der Waals surface area contributed by atoms with Crippen molar-refractivity contribution in [1.82, 2.24) is 21.3 Å². The molecule has 0 aromatic carbocycles. The van der Waals surface area contributed by atoms with Gasteiger partial charge in [-0.2, -0.15) is 0 Å². The van der Waals surface area contributed by atoms with E-state index in [9.17, 15) is 167 Å². The molecule has 0 aromatic heterocycles. The zero-order chi connectivity index (χ0) is 90.9. The smallest absolute Gasteiger partial charge is 0.217 e. The van der Waals surface area contributed by atoms with E-state index in [4.69, 9.17) is 85.3 Å². The van der Waals surface area contributed by atoms with Gasteiger partial charge >= 0.3 is 0 Å². The predicted molar refractivity (Wildman–Crippen MR) is 378 cm³/mol. The number of hydrogen-bond donors (Lipinski definition) is 33. The first-order valence-electron chi connectivity index (χ1n) is 39.1. The highest BCUT2D eigenvalue weighted by atomic mass is 16.8. The van der Waals surface area contributed by atoms with Gasteiger partial charge in [-0.3, -0.25) is 19.2 Å². The van der Waals surface area contributed by atoms with Crippen molar-refractivity contribution < 1.29 is 253 Å². The van der Waals surface area contributed by atoms with Crippen LogP contribution in [-0.2, 0) is 104 Å². The van der Waals surface area contributed by atoms with E-state index >= 15 is 0 Å². The van der Waals surface area contributed by atoms with Crippen LogP contribution < -0.4 is 21.3 Å². The lowest BCUT2D eigenvalue weighted by atomic mass is 9.94. The maximum absolute atomic E-state index is 13.1. The quantitative estimate of drug-likeness (QED) is 0.0277. The molecule has 0 radical (unpaired) electrons. The minimum Gasteiger partial charge on any atom is -0.394 e. The van der Waals surface area contributed by atoms with Crippen molar-refractivity contribution in [3.63, 3.8) is 0 Å². The molecule has 0 bridgehead atoms. The molecule has 9 heterocycles. The molecule has 0 aromatic rings. The van der Waals surface area contributed by atoms with E-state index in [2.05, 4.69) is 21.3 Å². The summed E-state index contributed by atoms with van der Waals surface area (Å²) in [6, 6.07) is -7.68. The summed E-state index contributed by atoms with van der Waals surface area (Å²) in [5.74, 6) is -3.81. The number of rotatable bonds is 36. The van der Waals surface area contributed by atoms with Gasteiger partial charge in [-0.1, -0.05) is 0 Å². The largest absolute Gasteiger partial charge is 0.394 e. The first-order chi connectivity index (χ1) is 58.2. The molecule has 9 rings (SSSR count). The van der Waals surface area contributed by atoms with E-state index in [1.54, 1.807) is 0 Å². The molecular weight excluding hydrogens is 1690 g/mol. The van der Waals surface area contributed by atoms with Gasteiger partial charge in [-0.05, 0) is 0 Å². The summed E-state index contributed by atoms with van der Waals surface area (Å²) >= 11 is 0. The van der Waals surface area contributed by atoms with E-state index in [0.717, 1.165) is 27.7 Å². The number of carbonyl (C=O) groups excluding carboxylic acids is 4. The molecule has 123 heavy (non-hydrogen) atoms. The predicted octanol–water partition coefficient (Wildman–Crippen LogP) is -22.6. The molecule has 0 spiro atoms. The highest BCUT2D eigenvalue weighted by Crippen LogP contribution is 2.41. The molecule has 0 aliphatic carbocycles. The molecule has 4 amide bonds. The number of carbonyl (C=O) groups is 4. The van der Waals surface area contributed by atoms with Crippen molar-refractivity contribution in [2.24, 2.45) is 0 Å². The van der Waals surface area contributed by atoms with Gasteiger partial charge in [0, 0.05) is 27.7 Å².